The lowest BCUT2D eigenvalue weighted by atomic mass is 9.99. The second-order valence-corrected chi connectivity index (χ2v) is 5.42. The summed E-state index contributed by atoms with van der Waals surface area (Å²) >= 11 is 0. The smallest absolute Gasteiger partial charge is 0.337 e. The van der Waals surface area contributed by atoms with E-state index < -0.39 is 5.97 Å². The van der Waals surface area contributed by atoms with Crippen molar-refractivity contribution in [1.29, 1.82) is 0 Å². The number of hydrogen-bond acceptors (Lipinski definition) is 3. The number of anilines is 2. The second-order valence-electron chi connectivity index (χ2n) is 5.42. The van der Waals surface area contributed by atoms with Crippen LogP contribution in [0.5, 0.6) is 0 Å². The summed E-state index contributed by atoms with van der Waals surface area (Å²) in [6.07, 6.45) is 1.10. The minimum atomic E-state index is -0.984. The number of nitrogens with two attached hydrogens (primary N) is 1. The van der Waals surface area contributed by atoms with E-state index in [-0.39, 0.29) is 5.56 Å². The zero-order valence-corrected chi connectivity index (χ0v) is 11.7. The van der Waals surface area contributed by atoms with Crippen LogP contribution >= 0.6 is 0 Å². The molecule has 0 radical (unpaired) electrons. The number of carbonyl (C=O) groups is 1. The molecule has 0 amide bonds. The van der Waals surface area contributed by atoms with Crippen LogP contribution in [0.4, 0.5) is 11.4 Å². The third kappa shape index (κ3) is 2.70. The Morgan fingerprint density at radius 2 is 1.95 bits per heavy atom. The predicted octanol–water partition coefficient (Wildman–Crippen LogP) is 2.96. The summed E-state index contributed by atoms with van der Waals surface area (Å²) in [4.78, 5) is 13.3. The van der Waals surface area contributed by atoms with E-state index in [4.69, 9.17) is 10.8 Å². The van der Waals surface area contributed by atoms with Gasteiger partial charge in [-0.2, -0.15) is 0 Å². The molecule has 1 unspecified atom stereocenters. The zero-order valence-electron chi connectivity index (χ0n) is 11.7. The minimum Gasteiger partial charge on any atom is -0.478 e. The highest BCUT2D eigenvalue weighted by Gasteiger charge is 2.24. The highest BCUT2D eigenvalue weighted by molar-refractivity contribution is 5.94. The molecule has 3 N–H and O–H groups in total. The van der Waals surface area contributed by atoms with Crippen LogP contribution in [0.1, 0.15) is 28.3 Å². The lowest BCUT2D eigenvalue weighted by Crippen LogP contribution is -2.19. The van der Waals surface area contributed by atoms with Crippen molar-refractivity contribution in [3.05, 3.63) is 59.7 Å². The molecule has 2 aromatic carbocycles. The van der Waals surface area contributed by atoms with Gasteiger partial charge in [-0.05, 0) is 30.2 Å². The van der Waals surface area contributed by atoms with Gasteiger partial charge in [0.1, 0.15) is 0 Å². The normalized spacial score (nSPS) is 17.9. The highest BCUT2D eigenvalue weighted by atomic mass is 16.4. The van der Waals surface area contributed by atoms with Gasteiger partial charge in [-0.15, -0.1) is 0 Å². The first-order valence-electron chi connectivity index (χ1n) is 7.08. The first-order valence-corrected chi connectivity index (χ1v) is 7.08. The highest BCUT2D eigenvalue weighted by Crippen LogP contribution is 2.32. The quantitative estimate of drug-likeness (QED) is 0.849. The van der Waals surface area contributed by atoms with Gasteiger partial charge in [0.05, 0.1) is 5.56 Å². The lowest BCUT2D eigenvalue weighted by molar-refractivity contribution is 0.0698. The number of carboxylic acid groups (broad SMARTS) is 1. The summed E-state index contributed by atoms with van der Waals surface area (Å²) in [5.74, 6) is -0.464. The second kappa shape index (κ2) is 5.48. The van der Waals surface area contributed by atoms with Gasteiger partial charge in [-0.25, -0.2) is 4.79 Å². The fourth-order valence-electron chi connectivity index (χ4n) is 2.93. The minimum absolute atomic E-state index is 0.164. The third-order valence-electron chi connectivity index (χ3n) is 4.09. The summed E-state index contributed by atoms with van der Waals surface area (Å²) in [5.41, 5.74) is 8.67. The number of nitrogen functional groups attached to an aromatic ring is 1. The van der Waals surface area contributed by atoms with Gasteiger partial charge in [0.2, 0.25) is 0 Å². The molecule has 0 saturated carbocycles. The maximum atomic E-state index is 11.0. The molecule has 1 heterocycles. The van der Waals surface area contributed by atoms with E-state index in [2.05, 4.69) is 29.2 Å². The number of carboxylic acids is 1. The van der Waals surface area contributed by atoms with Crippen molar-refractivity contribution in [2.45, 2.75) is 12.3 Å². The predicted molar refractivity (Wildman–Crippen MR) is 83.8 cm³/mol. The van der Waals surface area contributed by atoms with Crippen LogP contribution in [0.25, 0.3) is 0 Å². The van der Waals surface area contributed by atoms with Crippen molar-refractivity contribution in [3.8, 4) is 0 Å². The molecule has 1 aliphatic rings. The maximum Gasteiger partial charge on any atom is 0.337 e. The molecule has 2 aromatic rings. The van der Waals surface area contributed by atoms with Crippen molar-refractivity contribution in [3.63, 3.8) is 0 Å². The van der Waals surface area contributed by atoms with E-state index >= 15 is 0 Å². The van der Waals surface area contributed by atoms with E-state index in [9.17, 15) is 4.79 Å². The van der Waals surface area contributed by atoms with Crippen molar-refractivity contribution >= 4 is 17.3 Å². The molecule has 1 fully saturated rings. The Bertz CT molecular complexity index is 655. The molecule has 1 saturated heterocycles. The topological polar surface area (TPSA) is 66.6 Å². The molecular formula is C17H18N2O2. The molecule has 0 aromatic heterocycles. The average molecular weight is 282 g/mol. The summed E-state index contributed by atoms with van der Waals surface area (Å²) in [6.45, 7) is 1.90. The Balaban J connectivity index is 1.77. The summed E-state index contributed by atoms with van der Waals surface area (Å²) in [7, 11) is 0. The first kappa shape index (κ1) is 13.5. The van der Waals surface area contributed by atoms with Crippen molar-refractivity contribution in [2.75, 3.05) is 23.7 Å². The summed E-state index contributed by atoms with van der Waals surface area (Å²) < 4.78 is 0. The fraction of sp³-hybridized carbons (Fsp3) is 0.235. The Kier molecular flexibility index (Phi) is 3.52. The summed E-state index contributed by atoms with van der Waals surface area (Å²) in [6, 6.07) is 15.7. The van der Waals surface area contributed by atoms with E-state index in [1.807, 2.05) is 12.1 Å². The van der Waals surface area contributed by atoms with E-state index in [0.29, 0.717) is 11.6 Å². The standard InChI is InChI=1S/C17H18N2O2/c18-16-10-14(6-7-15(16)17(20)21)19-9-8-13(11-19)12-4-2-1-3-5-12/h1-7,10,13H,8-9,11,18H2,(H,20,21). The molecular weight excluding hydrogens is 264 g/mol. The molecule has 1 aliphatic heterocycles. The van der Waals surface area contributed by atoms with Crippen LogP contribution in [0, 0.1) is 0 Å². The van der Waals surface area contributed by atoms with Gasteiger partial charge in [0.25, 0.3) is 0 Å². The Morgan fingerprint density at radius 3 is 2.62 bits per heavy atom. The third-order valence-corrected chi connectivity index (χ3v) is 4.09. The Labute approximate surface area is 123 Å². The molecule has 1 atom stereocenters. The lowest BCUT2D eigenvalue weighted by Gasteiger charge is -2.19. The maximum absolute atomic E-state index is 11.0. The van der Waals surface area contributed by atoms with Crippen LogP contribution in [0.15, 0.2) is 48.5 Å². The number of rotatable bonds is 3. The van der Waals surface area contributed by atoms with Crippen LogP contribution in [-0.2, 0) is 0 Å². The molecule has 108 valence electrons. The van der Waals surface area contributed by atoms with Crippen LogP contribution in [-0.4, -0.2) is 24.2 Å². The molecule has 21 heavy (non-hydrogen) atoms. The molecule has 0 aliphatic carbocycles. The van der Waals surface area contributed by atoms with Gasteiger partial charge in [0, 0.05) is 30.4 Å². The van der Waals surface area contributed by atoms with Gasteiger partial charge >= 0.3 is 5.97 Å². The monoisotopic (exact) mass is 282 g/mol. The SMILES string of the molecule is Nc1cc(N2CCC(c3ccccc3)C2)ccc1C(=O)O. The van der Waals surface area contributed by atoms with Crippen molar-refractivity contribution in [2.24, 2.45) is 0 Å². The molecule has 0 spiro atoms. The molecule has 0 bridgehead atoms. The largest absolute Gasteiger partial charge is 0.478 e. The number of nitrogens with zero attached hydrogens (tertiary/aromatic N) is 1. The first-order chi connectivity index (χ1) is 10.1. The van der Waals surface area contributed by atoms with Crippen molar-refractivity contribution in [1.82, 2.24) is 0 Å². The fourth-order valence-corrected chi connectivity index (χ4v) is 2.93. The Morgan fingerprint density at radius 1 is 1.19 bits per heavy atom. The number of hydrogen-bond donors (Lipinski definition) is 2. The Hall–Kier alpha value is -2.49. The molecule has 3 rings (SSSR count). The van der Waals surface area contributed by atoms with E-state index in [1.165, 1.54) is 5.56 Å². The van der Waals surface area contributed by atoms with Gasteiger partial charge < -0.3 is 15.7 Å². The molecule has 4 heteroatoms. The van der Waals surface area contributed by atoms with E-state index in [1.54, 1.807) is 12.1 Å². The average Bonchev–Trinajstić information content (AvgIpc) is 2.97. The zero-order chi connectivity index (χ0) is 14.8. The van der Waals surface area contributed by atoms with Gasteiger partial charge in [-0.1, -0.05) is 30.3 Å². The van der Waals surface area contributed by atoms with E-state index in [0.717, 1.165) is 25.2 Å². The van der Waals surface area contributed by atoms with Crippen LogP contribution in [0.3, 0.4) is 0 Å². The van der Waals surface area contributed by atoms with Crippen LogP contribution in [0.2, 0.25) is 0 Å². The van der Waals surface area contributed by atoms with Crippen molar-refractivity contribution < 1.29 is 9.90 Å². The summed E-state index contributed by atoms with van der Waals surface area (Å²) in [5, 5.41) is 9.02. The van der Waals surface area contributed by atoms with Crippen LogP contribution < -0.4 is 10.6 Å². The number of aromatic carboxylic acids is 1. The van der Waals surface area contributed by atoms with Gasteiger partial charge in [-0.3, -0.25) is 0 Å². The molecule has 4 nitrogen and oxygen atoms in total. The number of benzene rings is 2. The van der Waals surface area contributed by atoms with Gasteiger partial charge in [0.15, 0.2) is 0 Å².